The lowest BCUT2D eigenvalue weighted by Gasteiger charge is -2.39. The van der Waals surface area contributed by atoms with E-state index < -0.39 is 0 Å². The molecule has 116 valence electrons. The van der Waals surface area contributed by atoms with E-state index in [2.05, 4.69) is 11.8 Å². The molecule has 0 radical (unpaired) electrons. The Morgan fingerprint density at radius 3 is 2.86 bits per heavy atom. The lowest BCUT2D eigenvalue weighted by Crippen LogP contribution is -2.49. The van der Waals surface area contributed by atoms with Gasteiger partial charge in [0.1, 0.15) is 0 Å². The summed E-state index contributed by atoms with van der Waals surface area (Å²) in [5.74, 6) is 0.402. The zero-order valence-corrected chi connectivity index (χ0v) is 13.2. The smallest absolute Gasteiger partial charge is 0.254 e. The predicted octanol–water partition coefficient (Wildman–Crippen LogP) is 1.98. The van der Waals surface area contributed by atoms with Gasteiger partial charge in [-0.15, -0.1) is 0 Å². The minimum Gasteiger partial charge on any atom is -0.394 e. The maximum Gasteiger partial charge on any atom is 0.254 e. The first-order chi connectivity index (χ1) is 10.0. The second kappa shape index (κ2) is 7.05. The fourth-order valence-corrected chi connectivity index (χ4v) is 3.11. The number of carbonyl (C=O) groups is 1. The number of rotatable bonds is 4. The molecule has 1 aromatic rings. The van der Waals surface area contributed by atoms with Gasteiger partial charge in [0.15, 0.2) is 0 Å². The van der Waals surface area contributed by atoms with E-state index in [0.29, 0.717) is 5.92 Å². The first-order valence-electron chi connectivity index (χ1n) is 7.68. The average Bonchev–Trinajstić information content (AvgIpc) is 2.45. The Hall–Kier alpha value is -1.39. The van der Waals surface area contributed by atoms with E-state index in [1.807, 2.05) is 43.3 Å². The molecule has 0 bridgehead atoms. The zero-order valence-electron chi connectivity index (χ0n) is 13.2. The van der Waals surface area contributed by atoms with Crippen molar-refractivity contribution in [1.29, 1.82) is 0 Å². The summed E-state index contributed by atoms with van der Waals surface area (Å²) in [5.41, 5.74) is 1.86. The number of hydrogen-bond acceptors (Lipinski definition) is 3. The number of nitrogens with zero attached hydrogens (tertiary/aromatic N) is 2. The van der Waals surface area contributed by atoms with Crippen LogP contribution in [-0.4, -0.2) is 54.1 Å². The normalized spacial score (nSPS) is 22.6. The Bertz CT molecular complexity index is 487. The van der Waals surface area contributed by atoms with E-state index in [0.717, 1.165) is 37.1 Å². The third-order valence-corrected chi connectivity index (χ3v) is 4.24. The summed E-state index contributed by atoms with van der Waals surface area (Å²) in [5, 5.41) is 9.60. The second-order valence-electron chi connectivity index (χ2n) is 6.31. The Balaban J connectivity index is 2.18. The van der Waals surface area contributed by atoms with Crippen LogP contribution in [0.5, 0.6) is 0 Å². The molecular formula is C17H26N2O2. The van der Waals surface area contributed by atoms with Crippen molar-refractivity contribution in [2.45, 2.75) is 32.4 Å². The van der Waals surface area contributed by atoms with Crippen LogP contribution in [0.25, 0.3) is 0 Å². The summed E-state index contributed by atoms with van der Waals surface area (Å²) < 4.78 is 0. The molecule has 4 heteroatoms. The number of amides is 1. The van der Waals surface area contributed by atoms with Crippen LogP contribution in [0.4, 0.5) is 0 Å². The molecule has 4 nitrogen and oxygen atoms in total. The van der Waals surface area contributed by atoms with E-state index >= 15 is 0 Å². The van der Waals surface area contributed by atoms with Gasteiger partial charge in [0.05, 0.1) is 12.6 Å². The van der Waals surface area contributed by atoms with Gasteiger partial charge in [-0.3, -0.25) is 4.79 Å². The van der Waals surface area contributed by atoms with Crippen molar-refractivity contribution in [3.8, 4) is 0 Å². The maximum absolute atomic E-state index is 12.8. The molecule has 0 spiro atoms. The van der Waals surface area contributed by atoms with Crippen LogP contribution in [0.3, 0.4) is 0 Å². The molecule has 1 saturated heterocycles. The van der Waals surface area contributed by atoms with Crippen LogP contribution in [0.15, 0.2) is 24.3 Å². The summed E-state index contributed by atoms with van der Waals surface area (Å²) in [6.45, 7) is 3.72. The lowest BCUT2D eigenvalue weighted by atomic mass is 9.90. The predicted molar refractivity (Wildman–Crippen MR) is 84.1 cm³/mol. The van der Waals surface area contributed by atoms with Crippen LogP contribution < -0.4 is 0 Å². The minimum absolute atomic E-state index is 0.0428. The summed E-state index contributed by atoms with van der Waals surface area (Å²) in [7, 11) is 4.03. The summed E-state index contributed by atoms with van der Waals surface area (Å²) in [4.78, 5) is 16.7. The molecule has 2 unspecified atom stereocenters. The Labute approximate surface area is 127 Å². The van der Waals surface area contributed by atoms with Gasteiger partial charge >= 0.3 is 0 Å². The Morgan fingerprint density at radius 1 is 1.43 bits per heavy atom. The molecule has 21 heavy (non-hydrogen) atoms. The van der Waals surface area contributed by atoms with E-state index in [1.54, 1.807) is 0 Å². The van der Waals surface area contributed by atoms with E-state index in [-0.39, 0.29) is 18.6 Å². The maximum atomic E-state index is 12.8. The van der Waals surface area contributed by atoms with Crippen molar-refractivity contribution in [3.63, 3.8) is 0 Å². The number of likely N-dealkylation sites (tertiary alicyclic amines) is 1. The van der Waals surface area contributed by atoms with E-state index in [1.165, 1.54) is 0 Å². The van der Waals surface area contributed by atoms with Crippen molar-refractivity contribution >= 4 is 5.91 Å². The number of hydrogen-bond donors (Lipinski definition) is 1. The van der Waals surface area contributed by atoms with E-state index in [4.69, 9.17) is 0 Å². The first kappa shape index (κ1) is 16.0. The molecule has 1 N–H and O–H groups in total. The molecule has 0 aliphatic carbocycles. The van der Waals surface area contributed by atoms with Crippen molar-refractivity contribution in [2.24, 2.45) is 5.92 Å². The van der Waals surface area contributed by atoms with Gasteiger partial charge in [-0.1, -0.05) is 19.1 Å². The van der Waals surface area contributed by atoms with Gasteiger partial charge in [0.2, 0.25) is 0 Å². The van der Waals surface area contributed by atoms with Gasteiger partial charge in [0, 0.05) is 18.7 Å². The highest BCUT2D eigenvalue weighted by atomic mass is 16.3. The van der Waals surface area contributed by atoms with Crippen molar-refractivity contribution < 1.29 is 9.90 Å². The third-order valence-electron chi connectivity index (χ3n) is 4.24. The molecule has 1 fully saturated rings. The number of aliphatic hydroxyl groups excluding tert-OH is 1. The third kappa shape index (κ3) is 3.83. The van der Waals surface area contributed by atoms with E-state index in [9.17, 15) is 9.90 Å². The Kier molecular flexibility index (Phi) is 5.37. The quantitative estimate of drug-likeness (QED) is 0.922. The van der Waals surface area contributed by atoms with Crippen LogP contribution in [-0.2, 0) is 6.54 Å². The van der Waals surface area contributed by atoms with Crippen LogP contribution in [0.2, 0.25) is 0 Å². The number of piperidine rings is 1. The van der Waals surface area contributed by atoms with Gasteiger partial charge in [-0.05, 0) is 50.6 Å². The van der Waals surface area contributed by atoms with Crippen LogP contribution in [0.1, 0.15) is 35.7 Å². The Morgan fingerprint density at radius 2 is 2.19 bits per heavy atom. The monoisotopic (exact) mass is 290 g/mol. The molecule has 0 saturated carbocycles. The van der Waals surface area contributed by atoms with Crippen molar-refractivity contribution in [3.05, 3.63) is 35.4 Å². The standard InChI is InChI=1S/C17H26N2O2/c1-13-6-5-9-19(16(13)12-20)17(21)15-8-4-7-14(10-15)11-18(2)3/h4,7-8,10,13,16,20H,5-6,9,11-12H2,1-3H3. The van der Waals surface area contributed by atoms with Gasteiger partial charge < -0.3 is 14.9 Å². The SMILES string of the molecule is CC1CCCN(C(=O)c2cccc(CN(C)C)c2)C1CO. The average molecular weight is 290 g/mol. The van der Waals surface area contributed by atoms with Crippen molar-refractivity contribution in [2.75, 3.05) is 27.2 Å². The van der Waals surface area contributed by atoms with Crippen molar-refractivity contribution in [1.82, 2.24) is 9.80 Å². The molecule has 1 heterocycles. The highest BCUT2D eigenvalue weighted by Gasteiger charge is 2.31. The number of aliphatic hydroxyl groups is 1. The minimum atomic E-state index is -0.0521. The van der Waals surface area contributed by atoms with Crippen LogP contribution in [0, 0.1) is 5.92 Å². The van der Waals surface area contributed by atoms with Gasteiger partial charge in [0.25, 0.3) is 5.91 Å². The molecule has 0 aromatic heterocycles. The first-order valence-corrected chi connectivity index (χ1v) is 7.68. The lowest BCUT2D eigenvalue weighted by molar-refractivity contribution is 0.0358. The van der Waals surface area contributed by atoms with Gasteiger partial charge in [-0.25, -0.2) is 0 Å². The zero-order chi connectivity index (χ0) is 15.4. The molecular weight excluding hydrogens is 264 g/mol. The highest BCUT2D eigenvalue weighted by Crippen LogP contribution is 2.25. The highest BCUT2D eigenvalue weighted by molar-refractivity contribution is 5.94. The largest absolute Gasteiger partial charge is 0.394 e. The fourth-order valence-electron chi connectivity index (χ4n) is 3.11. The number of carbonyl (C=O) groups excluding carboxylic acids is 1. The van der Waals surface area contributed by atoms with Crippen LogP contribution >= 0.6 is 0 Å². The number of benzene rings is 1. The summed E-state index contributed by atoms with van der Waals surface area (Å²) in [6.07, 6.45) is 2.09. The fraction of sp³-hybridized carbons (Fsp3) is 0.588. The molecule has 1 aromatic carbocycles. The van der Waals surface area contributed by atoms with Gasteiger partial charge in [-0.2, -0.15) is 0 Å². The molecule has 1 amide bonds. The topological polar surface area (TPSA) is 43.8 Å². The molecule has 2 rings (SSSR count). The summed E-state index contributed by atoms with van der Waals surface area (Å²) >= 11 is 0. The molecule has 2 atom stereocenters. The summed E-state index contributed by atoms with van der Waals surface area (Å²) in [6, 6.07) is 7.77. The molecule has 1 aliphatic rings. The molecule has 1 aliphatic heterocycles. The second-order valence-corrected chi connectivity index (χ2v) is 6.31.